The number of pyridine rings is 2. The average Bonchev–Trinajstić information content (AvgIpc) is 2.63. The van der Waals surface area contributed by atoms with E-state index in [1.54, 1.807) is 18.5 Å². The summed E-state index contributed by atoms with van der Waals surface area (Å²) in [7, 11) is 0. The Balaban J connectivity index is 1.79. The maximum atomic E-state index is 12.8. The minimum Gasteiger partial charge on any atom is -0.477 e. The van der Waals surface area contributed by atoms with Crippen molar-refractivity contribution in [1.29, 1.82) is 0 Å². The van der Waals surface area contributed by atoms with Gasteiger partial charge < -0.3 is 14.8 Å². The maximum absolute atomic E-state index is 12.8. The Morgan fingerprint density at radius 1 is 1.32 bits per heavy atom. The van der Waals surface area contributed by atoms with Crippen molar-refractivity contribution in [2.75, 3.05) is 13.2 Å². The van der Waals surface area contributed by atoms with Crippen molar-refractivity contribution in [3.63, 3.8) is 0 Å². The minimum absolute atomic E-state index is 0.0978. The summed E-state index contributed by atoms with van der Waals surface area (Å²) in [6.45, 7) is 4.90. The van der Waals surface area contributed by atoms with Crippen LogP contribution in [-0.2, 0) is 4.74 Å². The zero-order valence-corrected chi connectivity index (χ0v) is 14.6. The Morgan fingerprint density at radius 2 is 2.12 bits per heavy atom. The second kappa shape index (κ2) is 8.07. The van der Waals surface area contributed by atoms with Crippen LogP contribution in [0, 0.1) is 6.92 Å². The Bertz CT molecular complexity index is 721. The number of nitrogens with zero attached hydrogens (tertiary/aromatic N) is 2. The molecule has 0 aliphatic carbocycles. The molecule has 0 bridgehead atoms. The van der Waals surface area contributed by atoms with Gasteiger partial charge in [-0.2, -0.15) is 0 Å². The van der Waals surface area contributed by atoms with Crippen molar-refractivity contribution in [2.45, 2.75) is 38.8 Å². The van der Waals surface area contributed by atoms with Gasteiger partial charge in [0.05, 0.1) is 12.6 Å². The van der Waals surface area contributed by atoms with E-state index in [0.717, 1.165) is 24.1 Å². The standard InChI is InChI=1S/C19H23N3O3/c1-3-24-19-15(7-6-13(2)21-19)18(23)22-16-5-4-12-25-17(16)14-8-10-20-11-9-14/h6-11,16-17H,3-5,12H2,1-2H3,(H,22,23)/t16-,17+/m0/s1. The number of carbonyl (C=O) groups is 1. The van der Waals surface area contributed by atoms with Crippen molar-refractivity contribution < 1.29 is 14.3 Å². The van der Waals surface area contributed by atoms with E-state index in [9.17, 15) is 4.79 Å². The summed E-state index contributed by atoms with van der Waals surface area (Å²) in [6.07, 6.45) is 5.08. The van der Waals surface area contributed by atoms with Crippen molar-refractivity contribution in [3.05, 3.63) is 53.5 Å². The van der Waals surface area contributed by atoms with Crippen LogP contribution in [0.3, 0.4) is 0 Å². The number of amides is 1. The first-order chi connectivity index (χ1) is 12.2. The molecule has 2 aromatic rings. The molecule has 2 atom stereocenters. The predicted molar refractivity (Wildman–Crippen MR) is 93.6 cm³/mol. The Labute approximate surface area is 147 Å². The van der Waals surface area contributed by atoms with Gasteiger partial charge in [0, 0.05) is 24.7 Å². The molecule has 0 spiro atoms. The number of ether oxygens (including phenoxy) is 2. The molecule has 25 heavy (non-hydrogen) atoms. The van der Waals surface area contributed by atoms with E-state index in [0.29, 0.717) is 24.7 Å². The predicted octanol–water partition coefficient (Wildman–Crippen LogP) is 2.83. The molecule has 1 saturated heterocycles. The summed E-state index contributed by atoms with van der Waals surface area (Å²) in [5.74, 6) is 0.183. The Kier molecular flexibility index (Phi) is 5.60. The van der Waals surface area contributed by atoms with Crippen molar-refractivity contribution in [1.82, 2.24) is 15.3 Å². The topological polar surface area (TPSA) is 73.3 Å². The second-order valence-electron chi connectivity index (χ2n) is 6.03. The molecule has 0 saturated carbocycles. The van der Waals surface area contributed by atoms with Crippen LogP contribution in [0.1, 0.15) is 47.5 Å². The number of hydrogen-bond acceptors (Lipinski definition) is 5. The Morgan fingerprint density at radius 3 is 2.88 bits per heavy atom. The molecule has 3 heterocycles. The van der Waals surface area contributed by atoms with Gasteiger partial charge in [-0.15, -0.1) is 0 Å². The fraction of sp³-hybridized carbons (Fsp3) is 0.421. The monoisotopic (exact) mass is 341 g/mol. The number of aromatic nitrogens is 2. The van der Waals surface area contributed by atoms with Gasteiger partial charge in [0.25, 0.3) is 5.91 Å². The average molecular weight is 341 g/mol. The van der Waals surface area contributed by atoms with Gasteiger partial charge in [0.2, 0.25) is 5.88 Å². The third kappa shape index (κ3) is 4.14. The first kappa shape index (κ1) is 17.4. The van der Waals surface area contributed by atoms with Crippen LogP contribution in [0.4, 0.5) is 0 Å². The highest BCUT2D eigenvalue weighted by Gasteiger charge is 2.29. The quantitative estimate of drug-likeness (QED) is 0.905. The van der Waals surface area contributed by atoms with Crippen LogP contribution < -0.4 is 10.1 Å². The number of nitrogens with one attached hydrogen (secondary N) is 1. The molecule has 132 valence electrons. The van der Waals surface area contributed by atoms with E-state index < -0.39 is 0 Å². The third-order valence-corrected chi connectivity index (χ3v) is 4.20. The van der Waals surface area contributed by atoms with Gasteiger partial charge in [-0.3, -0.25) is 9.78 Å². The highest BCUT2D eigenvalue weighted by Crippen LogP contribution is 2.28. The van der Waals surface area contributed by atoms with E-state index in [4.69, 9.17) is 9.47 Å². The first-order valence-electron chi connectivity index (χ1n) is 8.62. The molecule has 6 heteroatoms. The number of rotatable bonds is 5. The largest absolute Gasteiger partial charge is 0.477 e. The van der Waals surface area contributed by atoms with Gasteiger partial charge in [0.15, 0.2) is 0 Å². The molecule has 1 aliphatic rings. The summed E-state index contributed by atoms with van der Waals surface area (Å²) in [5.41, 5.74) is 2.29. The molecule has 1 amide bonds. The molecule has 1 aliphatic heterocycles. The molecule has 0 radical (unpaired) electrons. The van der Waals surface area contributed by atoms with Gasteiger partial charge in [-0.1, -0.05) is 0 Å². The van der Waals surface area contributed by atoms with Crippen LogP contribution in [0.5, 0.6) is 5.88 Å². The number of aryl methyl sites for hydroxylation is 1. The van der Waals surface area contributed by atoms with Crippen LogP contribution >= 0.6 is 0 Å². The molecule has 3 rings (SSSR count). The second-order valence-corrected chi connectivity index (χ2v) is 6.03. The molecule has 0 unspecified atom stereocenters. The van der Waals surface area contributed by atoms with Gasteiger partial charge in [-0.05, 0) is 56.5 Å². The fourth-order valence-corrected chi connectivity index (χ4v) is 3.01. The number of hydrogen-bond donors (Lipinski definition) is 1. The summed E-state index contributed by atoms with van der Waals surface area (Å²) in [6, 6.07) is 7.32. The van der Waals surface area contributed by atoms with Gasteiger partial charge >= 0.3 is 0 Å². The normalized spacial score (nSPS) is 20.1. The molecule has 1 fully saturated rings. The zero-order chi connectivity index (χ0) is 17.6. The lowest BCUT2D eigenvalue weighted by molar-refractivity contribution is -0.00954. The van der Waals surface area contributed by atoms with Crippen LogP contribution in [0.15, 0.2) is 36.7 Å². The van der Waals surface area contributed by atoms with Gasteiger partial charge in [-0.25, -0.2) is 4.98 Å². The summed E-state index contributed by atoms with van der Waals surface area (Å²) in [4.78, 5) is 21.2. The van der Waals surface area contributed by atoms with Crippen molar-refractivity contribution in [2.24, 2.45) is 0 Å². The van der Waals surface area contributed by atoms with E-state index in [1.165, 1.54) is 0 Å². The van der Waals surface area contributed by atoms with Gasteiger partial charge in [0.1, 0.15) is 11.7 Å². The maximum Gasteiger partial charge on any atom is 0.257 e. The molecular weight excluding hydrogens is 318 g/mol. The summed E-state index contributed by atoms with van der Waals surface area (Å²) >= 11 is 0. The minimum atomic E-state index is -0.189. The Hall–Kier alpha value is -2.47. The van der Waals surface area contributed by atoms with Crippen LogP contribution in [0.2, 0.25) is 0 Å². The highest BCUT2D eigenvalue weighted by molar-refractivity contribution is 5.96. The summed E-state index contributed by atoms with van der Waals surface area (Å²) in [5, 5.41) is 3.10. The van der Waals surface area contributed by atoms with Crippen LogP contribution in [0.25, 0.3) is 0 Å². The molecular formula is C19H23N3O3. The van der Waals surface area contributed by atoms with E-state index in [2.05, 4.69) is 15.3 Å². The lowest BCUT2D eigenvalue weighted by Crippen LogP contribution is -2.43. The lowest BCUT2D eigenvalue weighted by atomic mass is 9.96. The number of carbonyl (C=O) groups excluding carboxylic acids is 1. The van der Waals surface area contributed by atoms with E-state index in [1.807, 2.05) is 32.0 Å². The SMILES string of the molecule is CCOc1nc(C)ccc1C(=O)N[C@H]1CCCO[C@@H]1c1ccncc1. The molecule has 1 N–H and O–H groups in total. The smallest absolute Gasteiger partial charge is 0.257 e. The zero-order valence-electron chi connectivity index (χ0n) is 14.6. The fourth-order valence-electron chi connectivity index (χ4n) is 3.01. The van der Waals surface area contributed by atoms with E-state index in [-0.39, 0.29) is 18.1 Å². The molecule has 6 nitrogen and oxygen atoms in total. The van der Waals surface area contributed by atoms with Crippen molar-refractivity contribution >= 4 is 5.91 Å². The molecule has 0 aromatic carbocycles. The van der Waals surface area contributed by atoms with Crippen LogP contribution in [-0.4, -0.2) is 35.1 Å². The lowest BCUT2D eigenvalue weighted by Gasteiger charge is -2.32. The highest BCUT2D eigenvalue weighted by atomic mass is 16.5. The third-order valence-electron chi connectivity index (χ3n) is 4.20. The van der Waals surface area contributed by atoms with E-state index >= 15 is 0 Å². The summed E-state index contributed by atoms with van der Waals surface area (Å²) < 4.78 is 11.4. The molecule has 2 aromatic heterocycles. The van der Waals surface area contributed by atoms with Crippen molar-refractivity contribution in [3.8, 4) is 5.88 Å². The first-order valence-corrected chi connectivity index (χ1v) is 8.62.